The number of methoxy groups -OCH3 is 1. The Morgan fingerprint density at radius 1 is 0.935 bits per heavy atom. The third-order valence-electron chi connectivity index (χ3n) is 5.06. The zero-order chi connectivity index (χ0) is 22.6. The van der Waals surface area contributed by atoms with E-state index in [1.54, 1.807) is 18.2 Å². The third kappa shape index (κ3) is 5.82. The van der Waals surface area contributed by atoms with E-state index in [0.29, 0.717) is 44.1 Å². The number of para-hydroxylation sites is 1. The highest BCUT2D eigenvalue weighted by atomic mass is 19.4. The normalized spacial score (nSPS) is 16.7. The third-order valence-corrected chi connectivity index (χ3v) is 5.06. The smallest absolute Gasteiger partial charge is 0.416 e. The minimum atomic E-state index is -4.93. The zero-order valence-electron chi connectivity index (χ0n) is 16.7. The van der Waals surface area contributed by atoms with Gasteiger partial charge in [-0.05, 0) is 24.3 Å². The average Bonchev–Trinajstić information content (AvgIpc) is 2.73. The van der Waals surface area contributed by atoms with Crippen molar-refractivity contribution in [2.24, 2.45) is 0 Å². The number of hydrogen-bond donors (Lipinski definition) is 1. The Hall–Kier alpha value is -2.46. The molecule has 3 rings (SSSR count). The summed E-state index contributed by atoms with van der Waals surface area (Å²) in [5.41, 5.74) is -2.07. The number of rotatable bonds is 6. The molecule has 1 aliphatic heterocycles. The highest BCUT2D eigenvalue weighted by molar-refractivity contribution is 5.39. The highest BCUT2D eigenvalue weighted by Crippen LogP contribution is 2.39. The molecule has 1 N–H and O–H groups in total. The summed E-state index contributed by atoms with van der Waals surface area (Å²) in [6.07, 6.45) is -9.86. The maximum Gasteiger partial charge on any atom is 0.416 e. The van der Waals surface area contributed by atoms with Crippen LogP contribution >= 0.6 is 0 Å². The minimum absolute atomic E-state index is 0.0842. The van der Waals surface area contributed by atoms with Gasteiger partial charge in [0.05, 0.1) is 24.3 Å². The Morgan fingerprint density at radius 3 is 2.06 bits per heavy atom. The minimum Gasteiger partial charge on any atom is -0.496 e. The van der Waals surface area contributed by atoms with Crippen LogP contribution in [0.1, 0.15) is 22.7 Å². The summed E-state index contributed by atoms with van der Waals surface area (Å²) in [5, 5.41) is 3.21. The fourth-order valence-electron chi connectivity index (χ4n) is 3.51. The van der Waals surface area contributed by atoms with Crippen molar-refractivity contribution < 1.29 is 35.8 Å². The Balaban J connectivity index is 1.92. The lowest BCUT2D eigenvalue weighted by molar-refractivity contribution is -0.143. The number of piperazine rings is 1. The van der Waals surface area contributed by atoms with Gasteiger partial charge in [-0.2, -0.15) is 26.3 Å². The molecule has 0 amide bonds. The molecule has 2 aromatic rings. The summed E-state index contributed by atoms with van der Waals surface area (Å²) in [5.74, 6) is 0.0758. The van der Waals surface area contributed by atoms with Gasteiger partial charge in [0.25, 0.3) is 0 Å². The van der Waals surface area contributed by atoms with Gasteiger partial charge in [0.15, 0.2) is 0 Å². The van der Waals surface area contributed by atoms with Crippen molar-refractivity contribution in [2.45, 2.75) is 18.4 Å². The second-order valence-electron chi connectivity index (χ2n) is 7.10. The molecule has 0 spiro atoms. The van der Waals surface area contributed by atoms with E-state index in [4.69, 9.17) is 9.47 Å². The van der Waals surface area contributed by atoms with Gasteiger partial charge < -0.3 is 14.8 Å². The summed E-state index contributed by atoms with van der Waals surface area (Å²) >= 11 is 0. The van der Waals surface area contributed by atoms with Crippen LogP contribution in [0.2, 0.25) is 0 Å². The van der Waals surface area contributed by atoms with Crippen LogP contribution in [0, 0.1) is 0 Å². The molecule has 1 saturated heterocycles. The van der Waals surface area contributed by atoms with Crippen LogP contribution in [0.4, 0.5) is 26.3 Å². The number of alkyl halides is 6. The molecule has 0 saturated carbocycles. The second kappa shape index (κ2) is 9.35. The van der Waals surface area contributed by atoms with Gasteiger partial charge in [0, 0.05) is 31.7 Å². The van der Waals surface area contributed by atoms with Gasteiger partial charge in [0.1, 0.15) is 18.1 Å². The van der Waals surface area contributed by atoms with Crippen molar-refractivity contribution in [3.63, 3.8) is 0 Å². The van der Waals surface area contributed by atoms with Crippen molar-refractivity contribution in [1.29, 1.82) is 0 Å². The van der Waals surface area contributed by atoms with E-state index in [0.717, 1.165) is 5.56 Å². The van der Waals surface area contributed by atoms with Crippen molar-refractivity contribution in [2.75, 3.05) is 39.9 Å². The first-order valence-electron chi connectivity index (χ1n) is 9.59. The first-order chi connectivity index (χ1) is 14.6. The molecule has 170 valence electrons. The van der Waals surface area contributed by atoms with E-state index >= 15 is 0 Å². The number of nitrogens with zero attached hydrogens (tertiary/aromatic N) is 1. The molecule has 31 heavy (non-hydrogen) atoms. The van der Waals surface area contributed by atoms with Crippen LogP contribution in [-0.2, 0) is 12.4 Å². The molecule has 1 atom stereocenters. The first-order valence-corrected chi connectivity index (χ1v) is 9.59. The molecule has 0 radical (unpaired) electrons. The molecule has 2 aromatic carbocycles. The number of ether oxygens (including phenoxy) is 2. The lowest BCUT2D eigenvalue weighted by Crippen LogP contribution is -2.46. The Kier molecular flexibility index (Phi) is 7.00. The summed E-state index contributed by atoms with van der Waals surface area (Å²) in [4.78, 5) is 2.06. The van der Waals surface area contributed by atoms with Gasteiger partial charge in [-0.3, -0.25) is 4.90 Å². The molecule has 0 aliphatic carbocycles. The highest BCUT2D eigenvalue weighted by Gasteiger charge is 2.37. The van der Waals surface area contributed by atoms with Gasteiger partial charge in [-0.15, -0.1) is 0 Å². The van der Waals surface area contributed by atoms with Crippen molar-refractivity contribution in [1.82, 2.24) is 10.2 Å². The summed E-state index contributed by atoms with van der Waals surface area (Å²) in [6.45, 7) is 2.55. The van der Waals surface area contributed by atoms with E-state index in [1.807, 2.05) is 6.07 Å². The van der Waals surface area contributed by atoms with Crippen LogP contribution in [0.3, 0.4) is 0 Å². The average molecular weight is 448 g/mol. The topological polar surface area (TPSA) is 33.7 Å². The number of nitrogens with one attached hydrogen (secondary N) is 1. The predicted molar refractivity (Wildman–Crippen MR) is 102 cm³/mol. The van der Waals surface area contributed by atoms with E-state index in [9.17, 15) is 26.3 Å². The quantitative estimate of drug-likeness (QED) is 0.647. The number of halogens is 6. The van der Waals surface area contributed by atoms with Crippen molar-refractivity contribution >= 4 is 0 Å². The standard InChI is InChI=1S/C21H22F6N2O2/c1-30-19-5-3-2-4-17(19)18(29-8-6-28-7-9-29)13-31-16-11-14(20(22,23)24)10-15(12-16)21(25,26)27/h2-5,10-12,18,28H,6-9,13H2,1H3. The van der Waals surface area contributed by atoms with Crippen molar-refractivity contribution in [3.05, 3.63) is 59.2 Å². The Morgan fingerprint density at radius 2 is 1.52 bits per heavy atom. The molecule has 1 unspecified atom stereocenters. The molecule has 1 aliphatic rings. The predicted octanol–water partition coefficient (Wildman–Crippen LogP) is 4.76. The summed E-state index contributed by atoms with van der Waals surface area (Å²) < 4.78 is 89.7. The van der Waals surface area contributed by atoms with Gasteiger partial charge in [-0.25, -0.2) is 0 Å². The number of hydrogen-bond acceptors (Lipinski definition) is 4. The maximum absolute atomic E-state index is 13.1. The van der Waals surface area contributed by atoms with Gasteiger partial charge in [-0.1, -0.05) is 18.2 Å². The lowest BCUT2D eigenvalue weighted by Gasteiger charge is -2.35. The van der Waals surface area contributed by atoms with Crippen LogP contribution in [0.5, 0.6) is 11.5 Å². The van der Waals surface area contributed by atoms with Crippen LogP contribution in [0.15, 0.2) is 42.5 Å². The molecule has 1 fully saturated rings. The molecule has 4 nitrogen and oxygen atoms in total. The Bertz CT molecular complexity index is 847. The van der Waals surface area contributed by atoms with Crippen molar-refractivity contribution in [3.8, 4) is 11.5 Å². The summed E-state index contributed by atoms with van der Waals surface area (Å²) in [7, 11) is 1.50. The largest absolute Gasteiger partial charge is 0.496 e. The molecular formula is C21H22F6N2O2. The molecule has 1 heterocycles. The fourth-order valence-corrected chi connectivity index (χ4v) is 3.51. The van der Waals surface area contributed by atoms with Crippen LogP contribution < -0.4 is 14.8 Å². The molecule has 0 bridgehead atoms. The van der Waals surface area contributed by atoms with Gasteiger partial charge in [0.2, 0.25) is 0 Å². The fraction of sp³-hybridized carbons (Fsp3) is 0.429. The lowest BCUT2D eigenvalue weighted by atomic mass is 10.0. The summed E-state index contributed by atoms with van der Waals surface area (Å²) in [6, 6.07) is 7.97. The Labute approximate surface area is 175 Å². The SMILES string of the molecule is COc1ccccc1C(COc1cc(C(F)(F)F)cc(C(F)(F)F)c1)N1CCNCC1. The molecule has 10 heteroatoms. The molecular weight excluding hydrogens is 426 g/mol. The monoisotopic (exact) mass is 448 g/mol. The van der Waals surface area contributed by atoms with Crippen LogP contribution in [-0.4, -0.2) is 44.8 Å². The van der Waals surface area contributed by atoms with E-state index in [-0.39, 0.29) is 12.7 Å². The second-order valence-corrected chi connectivity index (χ2v) is 7.10. The molecule has 0 aromatic heterocycles. The maximum atomic E-state index is 13.1. The van der Waals surface area contributed by atoms with E-state index < -0.39 is 35.3 Å². The van der Waals surface area contributed by atoms with Gasteiger partial charge >= 0.3 is 12.4 Å². The van der Waals surface area contributed by atoms with Crippen LogP contribution in [0.25, 0.3) is 0 Å². The van der Waals surface area contributed by atoms with E-state index in [2.05, 4.69) is 10.2 Å². The zero-order valence-corrected chi connectivity index (χ0v) is 16.7. The van der Waals surface area contributed by atoms with E-state index in [1.165, 1.54) is 7.11 Å². The number of benzene rings is 2. The first kappa shape index (κ1) is 23.2.